The van der Waals surface area contributed by atoms with Crippen LogP contribution >= 0.6 is 0 Å². The Bertz CT molecular complexity index is 352. The predicted octanol–water partition coefficient (Wildman–Crippen LogP) is 0.431. The molecule has 1 fully saturated rings. The zero-order chi connectivity index (χ0) is 9.26. The molecular formula is C9H11NO3. The highest BCUT2D eigenvalue weighted by Crippen LogP contribution is 2.19. The first-order valence-corrected chi connectivity index (χ1v) is 4.18. The van der Waals surface area contributed by atoms with E-state index in [0.717, 1.165) is 0 Å². The number of aromatic nitrogens is 1. The standard InChI is InChI=1S/C9H11NO3/c1-10-4-2-3-7(8(10)11)9-12-5-6-13-9/h2-4,9H,5-6H2,1H3. The Morgan fingerprint density at radius 2 is 2.15 bits per heavy atom. The molecule has 70 valence electrons. The van der Waals surface area contributed by atoms with Crippen molar-refractivity contribution >= 4 is 0 Å². The number of pyridine rings is 1. The molecule has 4 heteroatoms. The third-order valence-corrected chi connectivity index (χ3v) is 2.03. The van der Waals surface area contributed by atoms with Crippen molar-refractivity contribution in [3.63, 3.8) is 0 Å². The van der Waals surface area contributed by atoms with E-state index in [1.165, 1.54) is 4.57 Å². The fourth-order valence-electron chi connectivity index (χ4n) is 1.34. The summed E-state index contributed by atoms with van der Waals surface area (Å²) >= 11 is 0. The van der Waals surface area contributed by atoms with Crippen LogP contribution in [0.3, 0.4) is 0 Å². The van der Waals surface area contributed by atoms with Crippen LogP contribution in [0.25, 0.3) is 0 Å². The van der Waals surface area contributed by atoms with E-state index in [4.69, 9.17) is 9.47 Å². The van der Waals surface area contributed by atoms with Gasteiger partial charge in [0.1, 0.15) is 0 Å². The molecule has 4 nitrogen and oxygen atoms in total. The minimum Gasteiger partial charge on any atom is -0.346 e. The van der Waals surface area contributed by atoms with Crippen LogP contribution in [-0.2, 0) is 16.5 Å². The van der Waals surface area contributed by atoms with Crippen LogP contribution in [0.5, 0.6) is 0 Å². The highest BCUT2D eigenvalue weighted by Gasteiger charge is 2.21. The lowest BCUT2D eigenvalue weighted by atomic mass is 10.2. The second-order valence-corrected chi connectivity index (χ2v) is 2.95. The predicted molar refractivity (Wildman–Crippen MR) is 46.3 cm³/mol. The van der Waals surface area contributed by atoms with Gasteiger partial charge in [-0.1, -0.05) is 0 Å². The van der Waals surface area contributed by atoms with Crippen LogP contribution in [0.15, 0.2) is 23.1 Å². The molecule has 0 aromatic carbocycles. The average molecular weight is 181 g/mol. The van der Waals surface area contributed by atoms with Crippen molar-refractivity contribution in [1.82, 2.24) is 4.57 Å². The van der Waals surface area contributed by atoms with E-state index in [9.17, 15) is 4.79 Å². The van der Waals surface area contributed by atoms with Crippen LogP contribution in [0.2, 0.25) is 0 Å². The Balaban J connectivity index is 2.39. The van der Waals surface area contributed by atoms with Gasteiger partial charge in [-0.15, -0.1) is 0 Å². The Kier molecular flexibility index (Phi) is 2.16. The lowest BCUT2D eigenvalue weighted by Gasteiger charge is -2.08. The lowest BCUT2D eigenvalue weighted by molar-refractivity contribution is -0.0453. The van der Waals surface area contributed by atoms with E-state index >= 15 is 0 Å². The molecule has 2 rings (SSSR count). The first-order valence-electron chi connectivity index (χ1n) is 4.18. The molecule has 0 radical (unpaired) electrons. The molecular weight excluding hydrogens is 170 g/mol. The first-order chi connectivity index (χ1) is 6.29. The van der Waals surface area contributed by atoms with Gasteiger partial charge in [0.15, 0.2) is 6.29 Å². The van der Waals surface area contributed by atoms with Gasteiger partial charge in [-0.05, 0) is 12.1 Å². The number of aryl methyl sites for hydroxylation is 1. The number of hydrogen-bond acceptors (Lipinski definition) is 3. The van der Waals surface area contributed by atoms with Crippen molar-refractivity contribution in [3.05, 3.63) is 34.2 Å². The Hall–Kier alpha value is -1.13. The fourth-order valence-corrected chi connectivity index (χ4v) is 1.34. The third-order valence-electron chi connectivity index (χ3n) is 2.03. The Morgan fingerprint density at radius 3 is 2.85 bits per heavy atom. The first kappa shape index (κ1) is 8.47. The number of rotatable bonds is 1. The van der Waals surface area contributed by atoms with Crippen LogP contribution in [0, 0.1) is 0 Å². The molecule has 13 heavy (non-hydrogen) atoms. The van der Waals surface area contributed by atoms with E-state index in [1.54, 1.807) is 19.3 Å². The fraction of sp³-hybridized carbons (Fsp3) is 0.444. The van der Waals surface area contributed by atoms with Crippen molar-refractivity contribution in [2.75, 3.05) is 13.2 Å². The summed E-state index contributed by atoms with van der Waals surface area (Å²) in [6, 6.07) is 3.54. The molecule has 1 aliphatic rings. The van der Waals surface area contributed by atoms with Gasteiger partial charge in [0.2, 0.25) is 0 Å². The van der Waals surface area contributed by atoms with Crippen molar-refractivity contribution in [2.24, 2.45) is 7.05 Å². The normalized spacial score (nSPS) is 17.9. The zero-order valence-corrected chi connectivity index (χ0v) is 7.40. The number of hydrogen-bond donors (Lipinski definition) is 0. The topological polar surface area (TPSA) is 40.5 Å². The summed E-state index contributed by atoms with van der Waals surface area (Å²) in [4.78, 5) is 11.6. The monoisotopic (exact) mass is 181 g/mol. The maximum atomic E-state index is 11.6. The molecule has 2 heterocycles. The smallest absolute Gasteiger partial charge is 0.258 e. The van der Waals surface area contributed by atoms with Gasteiger partial charge in [-0.3, -0.25) is 4.79 Å². The SMILES string of the molecule is Cn1cccc(C2OCCO2)c1=O. The average Bonchev–Trinajstić information content (AvgIpc) is 2.62. The van der Waals surface area contributed by atoms with Gasteiger partial charge < -0.3 is 14.0 Å². The quantitative estimate of drug-likeness (QED) is 0.630. The summed E-state index contributed by atoms with van der Waals surface area (Å²) in [5, 5.41) is 0. The Labute approximate surface area is 75.7 Å². The highest BCUT2D eigenvalue weighted by molar-refractivity contribution is 5.12. The Morgan fingerprint density at radius 1 is 1.46 bits per heavy atom. The minimum atomic E-state index is -0.472. The third kappa shape index (κ3) is 1.50. The largest absolute Gasteiger partial charge is 0.346 e. The van der Waals surface area contributed by atoms with Crippen LogP contribution in [0.1, 0.15) is 11.9 Å². The summed E-state index contributed by atoms with van der Waals surface area (Å²) in [6.45, 7) is 1.12. The van der Waals surface area contributed by atoms with E-state index in [-0.39, 0.29) is 5.56 Å². The minimum absolute atomic E-state index is 0.0607. The molecule has 0 amide bonds. The molecule has 0 aliphatic carbocycles. The van der Waals surface area contributed by atoms with Gasteiger partial charge in [0.25, 0.3) is 5.56 Å². The lowest BCUT2D eigenvalue weighted by Crippen LogP contribution is -2.22. The molecule has 0 atom stereocenters. The summed E-state index contributed by atoms with van der Waals surface area (Å²) in [7, 11) is 1.71. The molecule has 0 saturated carbocycles. The molecule has 0 unspecified atom stereocenters. The molecule has 0 spiro atoms. The molecule has 1 aromatic heterocycles. The number of nitrogens with zero attached hydrogens (tertiary/aromatic N) is 1. The van der Waals surface area contributed by atoms with Gasteiger partial charge in [-0.25, -0.2) is 0 Å². The van der Waals surface area contributed by atoms with Gasteiger partial charge in [0, 0.05) is 13.2 Å². The van der Waals surface area contributed by atoms with Gasteiger partial charge >= 0.3 is 0 Å². The van der Waals surface area contributed by atoms with Crippen molar-refractivity contribution in [3.8, 4) is 0 Å². The van der Waals surface area contributed by atoms with Crippen molar-refractivity contribution in [1.29, 1.82) is 0 Å². The highest BCUT2D eigenvalue weighted by atomic mass is 16.7. The zero-order valence-electron chi connectivity index (χ0n) is 7.40. The van der Waals surface area contributed by atoms with E-state index in [2.05, 4.69) is 0 Å². The maximum Gasteiger partial charge on any atom is 0.258 e. The van der Waals surface area contributed by atoms with E-state index < -0.39 is 6.29 Å². The van der Waals surface area contributed by atoms with E-state index in [1.807, 2.05) is 6.07 Å². The van der Waals surface area contributed by atoms with Crippen molar-refractivity contribution < 1.29 is 9.47 Å². The summed E-state index contributed by atoms with van der Waals surface area (Å²) in [6.07, 6.45) is 1.24. The second-order valence-electron chi connectivity index (χ2n) is 2.95. The summed E-state index contributed by atoms with van der Waals surface area (Å²) in [5.41, 5.74) is 0.511. The van der Waals surface area contributed by atoms with Gasteiger partial charge in [0.05, 0.1) is 18.8 Å². The second kappa shape index (κ2) is 3.32. The number of ether oxygens (including phenoxy) is 2. The van der Waals surface area contributed by atoms with E-state index in [0.29, 0.717) is 18.8 Å². The molecule has 0 bridgehead atoms. The van der Waals surface area contributed by atoms with Crippen LogP contribution in [-0.4, -0.2) is 17.8 Å². The summed E-state index contributed by atoms with van der Waals surface area (Å²) < 4.78 is 12.0. The molecule has 1 aliphatic heterocycles. The summed E-state index contributed by atoms with van der Waals surface area (Å²) in [5.74, 6) is 0. The van der Waals surface area contributed by atoms with Crippen LogP contribution in [0.4, 0.5) is 0 Å². The van der Waals surface area contributed by atoms with Gasteiger partial charge in [-0.2, -0.15) is 0 Å². The van der Waals surface area contributed by atoms with Crippen molar-refractivity contribution in [2.45, 2.75) is 6.29 Å². The molecule has 1 aromatic rings. The molecule has 0 N–H and O–H groups in total. The van der Waals surface area contributed by atoms with Crippen LogP contribution < -0.4 is 5.56 Å². The maximum absolute atomic E-state index is 11.6. The molecule has 1 saturated heterocycles.